The van der Waals surface area contributed by atoms with Gasteiger partial charge in [0.1, 0.15) is 24.6 Å². The van der Waals surface area contributed by atoms with Crippen molar-refractivity contribution in [3.63, 3.8) is 0 Å². The van der Waals surface area contributed by atoms with Crippen molar-refractivity contribution in [3.05, 3.63) is 12.7 Å². The van der Waals surface area contributed by atoms with Crippen molar-refractivity contribution in [2.75, 3.05) is 18.4 Å². The Morgan fingerprint density at radius 1 is 1.32 bits per heavy atom. The summed E-state index contributed by atoms with van der Waals surface area (Å²) in [7, 11) is 0. The largest absolute Gasteiger partial charge is 0.357 e. The fourth-order valence-corrected chi connectivity index (χ4v) is 3.38. The molecule has 4 rings (SSSR count). The maximum absolute atomic E-state index is 6.08. The molecule has 0 radical (unpaired) electrons. The van der Waals surface area contributed by atoms with Crippen molar-refractivity contribution >= 4 is 17.0 Å². The summed E-state index contributed by atoms with van der Waals surface area (Å²) in [4.78, 5) is 13.0. The Bertz CT molecular complexity index is 829. The van der Waals surface area contributed by atoms with Gasteiger partial charge < -0.3 is 25.3 Å². The molecule has 0 bridgehead atoms. The molecule has 2 aromatic heterocycles. The summed E-state index contributed by atoms with van der Waals surface area (Å²) in [5.41, 5.74) is 7.09. The molecule has 0 unspecified atom stereocenters. The molecule has 2 fully saturated rings. The maximum Gasteiger partial charge on any atom is 0.167 e. The average Bonchev–Trinajstić information content (AvgIpc) is 3.23. The lowest BCUT2D eigenvalue weighted by molar-refractivity contribution is -0.195. The molecule has 0 aromatic carbocycles. The molecule has 132 valence electrons. The number of rotatable bonds is 4. The fraction of sp³-hybridized carbons (Fsp3) is 0.562. The van der Waals surface area contributed by atoms with E-state index in [1.807, 2.05) is 18.4 Å². The van der Waals surface area contributed by atoms with Crippen LogP contribution in [0, 0.1) is 12.3 Å². The minimum absolute atomic E-state index is 0.233. The number of terminal acetylenes is 1. The third-order valence-electron chi connectivity index (χ3n) is 4.35. The zero-order valence-corrected chi connectivity index (χ0v) is 14.0. The lowest BCUT2D eigenvalue weighted by atomic mass is 10.1. The first-order chi connectivity index (χ1) is 12.0. The van der Waals surface area contributed by atoms with Gasteiger partial charge in [-0.15, -0.1) is 6.42 Å². The van der Waals surface area contributed by atoms with Gasteiger partial charge in [-0.1, -0.05) is 5.92 Å². The highest BCUT2D eigenvalue weighted by molar-refractivity contribution is 5.82. The van der Waals surface area contributed by atoms with Gasteiger partial charge in [0.15, 0.2) is 29.0 Å². The number of imidazole rings is 1. The van der Waals surface area contributed by atoms with Gasteiger partial charge in [0, 0.05) is 6.54 Å². The van der Waals surface area contributed by atoms with Crippen molar-refractivity contribution in [1.82, 2.24) is 19.5 Å². The minimum atomic E-state index is -0.685. The van der Waals surface area contributed by atoms with Gasteiger partial charge in [0.05, 0.1) is 12.9 Å². The fourth-order valence-electron chi connectivity index (χ4n) is 3.38. The van der Waals surface area contributed by atoms with Gasteiger partial charge in [0.25, 0.3) is 0 Å². The Balaban J connectivity index is 1.71. The van der Waals surface area contributed by atoms with Crippen LogP contribution in [0.15, 0.2) is 12.7 Å². The number of hydrogen-bond donors (Lipinski definition) is 2. The number of nitrogens with zero attached hydrogens (tertiary/aromatic N) is 4. The molecule has 3 N–H and O–H groups in total. The van der Waals surface area contributed by atoms with E-state index in [4.69, 9.17) is 26.4 Å². The van der Waals surface area contributed by atoms with Gasteiger partial charge in [-0.2, -0.15) is 0 Å². The van der Waals surface area contributed by atoms with Crippen LogP contribution >= 0.6 is 0 Å². The molecular formula is C16H20N6O3. The monoisotopic (exact) mass is 344 g/mol. The SMILES string of the molecule is C#CCNc1ncnc2c1ncn2[C@@H]1O[C@H](CN)[C@H]2OC(C)(C)O[C@H]21. The van der Waals surface area contributed by atoms with E-state index in [2.05, 4.69) is 26.2 Å². The van der Waals surface area contributed by atoms with Gasteiger partial charge in [-0.05, 0) is 13.8 Å². The molecule has 4 atom stereocenters. The van der Waals surface area contributed by atoms with Gasteiger partial charge >= 0.3 is 0 Å². The lowest BCUT2D eigenvalue weighted by Gasteiger charge is -2.24. The number of aromatic nitrogens is 4. The molecule has 2 aliphatic heterocycles. The molecule has 4 heterocycles. The number of anilines is 1. The average molecular weight is 344 g/mol. The number of fused-ring (bicyclic) bond motifs is 2. The first-order valence-corrected chi connectivity index (χ1v) is 8.10. The highest BCUT2D eigenvalue weighted by Crippen LogP contribution is 2.43. The van der Waals surface area contributed by atoms with Gasteiger partial charge in [-0.25, -0.2) is 15.0 Å². The summed E-state index contributed by atoms with van der Waals surface area (Å²) in [5.74, 6) is 2.41. The zero-order chi connectivity index (χ0) is 17.6. The second-order valence-electron chi connectivity index (χ2n) is 6.47. The molecule has 0 saturated carbocycles. The third kappa shape index (κ3) is 2.63. The number of ether oxygens (including phenoxy) is 3. The summed E-state index contributed by atoms with van der Waals surface area (Å²) >= 11 is 0. The van der Waals surface area contributed by atoms with Crippen LogP contribution in [-0.4, -0.2) is 56.7 Å². The smallest absolute Gasteiger partial charge is 0.167 e. The van der Waals surface area contributed by atoms with Crippen molar-refractivity contribution in [2.45, 2.75) is 44.2 Å². The number of nitrogens with two attached hydrogens (primary N) is 1. The van der Waals surface area contributed by atoms with Crippen molar-refractivity contribution in [3.8, 4) is 12.3 Å². The van der Waals surface area contributed by atoms with E-state index in [0.29, 0.717) is 30.1 Å². The van der Waals surface area contributed by atoms with E-state index in [9.17, 15) is 0 Å². The summed E-state index contributed by atoms with van der Waals surface area (Å²) in [6, 6.07) is 0. The highest BCUT2D eigenvalue weighted by atomic mass is 16.8. The predicted molar refractivity (Wildman–Crippen MR) is 89.4 cm³/mol. The molecule has 2 saturated heterocycles. The van der Waals surface area contributed by atoms with Crippen LogP contribution in [0.25, 0.3) is 11.2 Å². The van der Waals surface area contributed by atoms with Crippen LogP contribution in [0.2, 0.25) is 0 Å². The van der Waals surface area contributed by atoms with Crippen LogP contribution in [0.4, 0.5) is 5.82 Å². The highest BCUT2D eigenvalue weighted by Gasteiger charge is 2.55. The Morgan fingerprint density at radius 2 is 2.12 bits per heavy atom. The molecule has 2 aromatic rings. The van der Waals surface area contributed by atoms with Crippen LogP contribution in [0.3, 0.4) is 0 Å². The first-order valence-electron chi connectivity index (χ1n) is 8.10. The van der Waals surface area contributed by atoms with Crippen LogP contribution in [0.5, 0.6) is 0 Å². The lowest BCUT2D eigenvalue weighted by Crippen LogP contribution is -2.34. The summed E-state index contributed by atoms with van der Waals surface area (Å²) in [6.45, 7) is 4.45. The summed E-state index contributed by atoms with van der Waals surface area (Å²) in [6.07, 6.45) is 7.21. The predicted octanol–water partition coefficient (Wildman–Crippen LogP) is 0.248. The Labute approximate surface area is 144 Å². The van der Waals surface area contributed by atoms with E-state index in [1.54, 1.807) is 6.33 Å². The maximum atomic E-state index is 6.08. The van der Waals surface area contributed by atoms with E-state index in [0.717, 1.165) is 0 Å². The van der Waals surface area contributed by atoms with Crippen molar-refractivity contribution in [2.24, 2.45) is 5.73 Å². The number of nitrogens with one attached hydrogen (secondary N) is 1. The molecule has 2 aliphatic rings. The van der Waals surface area contributed by atoms with Crippen LogP contribution < -0.4 is 11.1 Å². The summed E-state index contributed by atoms with van der Waals surface area (Å²) in [5, 5.41) is 3.04. The van der Waals surface area contributed by atoms with Crippen LogP contribution in [-0.2, 0) is 14.2 Å². The van der Waals surface area contributed by atoms with E-state index < -0.39 is 12.0 Å². The summed E-state index contributed by atoms with van der Waals surface area (Å²) < 4.78 is 19.9. The Morgan fingerprint density at radius 3 is 2.88 bits per heavy atom. The molecule has 9 heteroatoms. The first kappa shape index (κ1) is 16.2. The standard InChI is InChI=1S/C16H20N6O3/c1-4-5-18-13-10-14(20-7-19-13)22(8-21-10)15-12-11(9(6-17)23-15)24-16(2,3)25-12/h1,7-9,11-12,15H,5-6,17H2,2-3H3,(H,18,19,20)/t9-,11-,12-,15-/m1/s1. The second kappa shape index (κ2) is 5.93. The molecule has 25 heavy (non-hydrogen) atoms. The van der Waals surface area contributed by atoms with Crippen LogP contribution in [0.1, 0.15) is 20.1 Å². The number of hydrogen-bond acceptors (Lipinski definition) is 8. The molecule has 0 aliphatic carbocycles. The topological polar surface area (TPSA) is 109 Å². The molecule has 9 nitrogen and oxygen atoms in total. The van der Waals surface area contributed by atoms with Gasteiger partial charge in [0.2, 0.25) is 0 Å². The molecular weight excluding hydrogens is 324 g/mol. The van der Waals surface area contributed by atoms with Crippen molar-refractivity contribution < 1.29 is 14.2 Å². The molecule has 0 spiro atoms. The Kier molecular flexibility index (Phi) is 3.85. The van der Waals surface area contributed by atoms with E-state index in [1.165, 1.54) is 6.33 Å². The molecule has 0 amide bonds. The van der Waals surface area contributed by atoms with Gasteiger partial charge in [-0.3, -0.25) is 4.57 Å². The second-order valence-corrected chi connectivity index (χ2v) is 6.47. The normalized spacial score (nSPS) is 30.3. The van der Waals surface area contributed by atoms with Crippen molar-refractivity contribution in [1.29, 1.82) is 0 Å². The van der Waals surface area contributed by atoms with E-state index in [-0.39, 0.29) is 18.3 Å². The zero-order valence-electron chi connectivity index (χ0n) is 14.0. The third-order valence-corrected chi connectivity index (χ3v) is 4.35. The minimum Gasteiger partial charge on any atom is -0.357 e. The quantitative estimate of drug-likeness (QED) is 0.760. The van der Waals surface area contributed by atoms with E-state index >= 15 is 0 Å². The Hall–Kier alpha value is -2.25.